The van der Waals surface area contributed by atoms with Crippen LogP contribution in [0.15, 0.2) is 41.7 Å². The lowest BCUT2D eigenvalue weighted by molar-refractivity contribution is 0.415. The molecule has 2 N–H and O–H groups in total. The molecule has 1 aromatic carbocycles. The lowest BCUT2D eigenvalue weighted by atomic mass is 10.3. The number of nitrogens with zero attached hydrogens (tertiary/aromatic N) is 2. The average Bonchev–Trinajstić information content (AvgIpc) is 2.95. The van der Waals surface area contributed by atoms with E-state index in [0.717, 1.165) is 39.1 Å². The van der Waals surface area contributed by atoms with Crippen molar-refractivity contribution in [3.8, 4) is 5.75 Å². The fourth-order valence-electron chi connectivity index (χ4n) is 1.97. The zero-order valence-corrected chi connectivity index (χ0v) is 12.7. The van der Waals surface area contributed by atoms with Crippen LogP contribution >= 0.6 is 11.8 Å². The van der Waals surface area contributed by atoms with Gasteiger partial charge in [0.1, 0.15) is 11.6 Å². The first-order chi connectivity index (χ1) is 10.3. The zero-order chi connectivity index (χ0) is 14.7. The van der Waals surface area contributed by atoms with Crippen molar-refractivity contribution < 1.29 is 4.74 Å². The molecule has 108 valence electrons. The van der Waals surface area contributed by atoms with Crippen molar-refractivity contribution in [2.24, 2.45) is 0 Å². The van der Waals surface area contributed by atoms with Gasteiger partial charge < -0.3 is 15.0 Å². The van der Waals surface area contributed by atoms with Crippen LogP contribution < -0.4 is 10.1 Å². The SMILES string of the molecule is CNc1ccc(CSc2nc3ccc(OC)cc3[nH]2)cn1. The molecule has 0 aliphatic heterocycles. The minimum Gasteiger partial charge on any atom is -0.497 e. The molecule has 0 radical (unpaired) electrons. The molecule has 0 atom stereocenters. The van der Waals surface area contributed by atoms with E-state index < -0.39 is 0 Å². The number of ether oxygens (including phenoxy) is 1. The summed E-state index contributed by atoms with van der Waals surface area (Å²) in [7, 11) is 3.52. The van der Waals surface area contributed by atoms with E-state index in [0.29, 0.717) is 0 Å². The molecule has 0 fully saturated rings. The van der Waals surface area contributed by atoms with Gasteiger partial charge in [0.15, 0.2) is 5.16 Å². The number of aromatic amines is 1. The van der Waals surface area contributed by atoms with E-state index in [1.807, 2.05) is 37.5 Å². The topological polar surface area (TPSA) is 62.8 Å². The number of H-pyrrole nitrogens is 1. The van der Waals surface area contributed by atoms with Crippen LogP contribution in [0.2, 0.25) is 0 Å². The maximum atomic E-state index is 5.21. The summed E-state index contributed by atoms with van der Waals surface area (Å²) >= 11 is 1.66. The van der Waals surface area contributed by atoms with Crippen molar-refractivity contribution in [2.75, 3.05) is 19.5 Å². The smallest absolute Gasteiger partial charge is 0.166 e. The van der Waals surface area contributed by atoms with Crippen molar-refractivity contribution in [3.63, 3.8) is 0 Å². The number of imidazole rings is 1. The quantitative estimate of drug-likeness (QED) is 0.708. The Kier molecular flexibility index (Phi) is 3.96. The summed E-state index contributed by atoms with van der Waals surface area (Å²) in [5, 5.41) is 3.91. The Labute approximate surface area is 127 Å². The van der Waals surface area contributed by atoms with Gasteiger partial charge in [0, 0.05) is 25.1 Å². The standard InChI is InChI=1S/C15H16N4OS/c1-16-14-6-3-10(8-17-14)9-21-15-18-12-5-4-11(20-2)7-13(12)19-15/h3-8H,9H2,1-2H3,(H,16,17)(H,18,19). The summed E-state index contributed by atoms with van der Waals surface area (Å²) in [5.41, 5.74) is 3.10. The highest BCUT2D eigenvalue weighted by Gasteiger charge is 2.05. The second-order valence-electron chi connectivity index (χ2n) is 4.52. The second-order valence-corrected chi connectivity index (χ2v) is 5.48. The first-order valence-corrected chi connectivity index (χ1v) is 7.56. The van der Waals surface area contributed by atoms with E-state index in [1.165, 1.54) is 0 Å². The van der Waals surface area contributed by atoms with Gasteiger partial charge in [-0.25, -0.2) is 9.97 Å². The third-order valence-electron chi connectivity index (χ3n) is 3.12. The van der Waals surface area contributed by atoms with Crippen LogP contribution in [0.25, 0.3) is 11.0 Å². The molecule has 2 aromatic heterocycles. The predicted molar refractivity (Wildman–Crippen MR) is 86.0 cm³/mol. The van der Waals surface area contributed by atoms with Crippen LogP contribution in [0, 0.1) is 0 Å². The highest BCUT2D eigenvalue weighted by molar-refractivity contribution is 7.98. The number of benzene rings is 1. The number of rotatable bonds is 5. The van der Waals surface area contributed by atoms with Crippen molar-refractivity contribution in [3.05, 3.63) is 42.1 Å². The highest BCUT2D eigenvalue weighted by atomic mass is 32.2. The number of pyridine rings is 1. The van der Waals surface area contributed by atoms with Gasteiger partial charge in [-0.05, 0) is 23.8 Å². The number of methoxy groups -OCH3 is 1. The van der Waals surface area contributed by atoms with E-state index in [1.54, 1.807) is 18.9 Å². The molecule has 2 heterocycles. The molecule has 21 heavy (non-hydrogen) atoms. The molecule has 0 aliphatic rings. The molecule has 0 saturated carbocycles. The van der Waals surface area contributed by atoms with Gasteiger partial charge in [-0.1, -0.05) is 17.8 Å². The molecule has 0 saturated heterocycles. The number of nitrogens with one attached hydrogen (secondary N) is 2. The molecule has 0 spiro atoms. The number of thioether (sulfide) groups is 1. The maximum Gasteiger partial charge on any atom is 0.166 e. The van der Waals surface area contributed by atoms with E-state index in [-0.39, 0.29) is 0 Å². The van der Waals surface area contributed by atoms with Gasteiger partial charge in [0.2, 0.25) is 0 Å². The molecular formula is C15H16N4OS. The minimum absolute atomic E-state index is 0.827. The summed E-state index contributed by atoms with van der Waals surface area (Å²) in [5.74, 6) is 2.53. The van der Waals surface area contributed by atoms with Gasteiger partial charge in [-0.2, -0.15) is 0 Å². The maximum absolute atomic E-state index is 5.21. The molecule has 3 rings (SSSR count). The molecular weight excluding hydrogens is 284 g/mol. The molecule has 3 aromatic rings. The van der Waals surface area contributed by atoms with Crippen LogP contribution in [-0.4, -0.2) is 29.1 Å². The van der Waals surface area contributed by atoms with Crippen molar-refractivity contribution in [1.82, 2.24) is 15.0 Å². The predicted octanol–water partition coefficient (Wildman–Crippen LogP) is 3.30. The Hall–Kier alpha value is -2.21. The largest absolute Gasteiger partial charge is 0.497 e. The Bertz CT molecular complexity index is 739. The Morgan fingerprint density at radius 1 is 1.29 bits per heavy atom. The average molecular weight is 300 g/mol. The molecule has 0 unspecified atom stereocenters. The Morgan fingerprint density at radius 2 is 2.19 bits per heavy atom. The van der Waals surface area contributed by atoms with E-state index in [9.17, 15) is 0 Å². The van der Waals surface area contributed by atoms with Crippen molar-refractivity contribution in [2.45, 2.75) is 10.9 Å². The fraction of sp³-hybridized carbons (Fsp3) is 0.200. The normalized spacial score (nSPS) is 10.8. The first kappa shape index (κ1) is 13.8. The Morgan fingerprint density at radius 3 is 2.90 bits per heavy atom. The van der Waals surface area contributed by atoms with Crippen LogP contribution in [0.4, 0.5) is 5.82 Å². The summed E-state index contributed by atoms with van der Waals surface area (Å²) in [6.07, 6.45) is 1.88. The summed E-state index contributed by atoms with van der Waals surface area (Å²) in [4.78, 5) is 12.2. The zero-order valence-electron chi connectivity index (χ0n) is 11.9. The molecule has 0 bridgehead atoms. The van der Waals surface area contributed by atoms with Gasteiger partial charge in [0.25, 0.3) is 0 Å². The minimum atomic E-state index is 0.827. The number of anilines is 1. The monoisotopic (exact) mass is 300 g/mol. The lowest BCUT2D eigenvalue weighted by Gasteiger charge is -2.01. The van der Waals surface area contributed by atoms with Crippen LogP contribution in [0.1, 0.15) is 5.56 Å². The van der Waals surface area contributed by atoms with Crippen molar-refractivity contribution >= 4 is 28.6 Å². The van der Waals surface area contributed by atoms with Gasteiger partial charge >= 0.3 is 0 Å². The second kappa shape index (κ2) is 6.05. The highest BCUT2D eigenvalue weighted by Crippen LogP contribution is 2.25. The number of fused-ring (bicyclic) bond motifs is 1. The van der Waals surface area contributed by atoms with Gasteiger partial charge in [-0.3, -0.25) is 0 Å². The molecule has 6 heteroatoms. The number of hydrogen-bond acceptors (Lipinski definition) is 5. The van der Waals surface area contributed by atoms with Crippen LogP contribution in [-0.2, 0) is 5.75 Å². The third-order valence-corrected chi connectivity index (χ3v) is 4.07. The van der Waals surface area contributed by atoms with E-state index in [4.69, 9.17) is 4.74 Å². The lowest BCUT2D eigenvalue weighted by Crippen LogP contribution is -1.92. The van der Waals surface area contributed by atoms with E-state index in [2.05, 4.69) is 26.3 Å². The van der Waals surface area contributed by atoms with E-state index >= 15 is 0 Å². The number of aromatic nitrogens is 3. The summed E-state index contributed by atoms with van der Waals surface area (Å²) in [6, 6.07) is 9.86. The summed E-state index contributed by atoms with van der Waals surface area (Å²) < 4.78 is 5.21. The third kappa shape index (κ3) is 3.11. The number of hydrogen-bond donors (Lipinski definition) is 2. The van der Waals surface area contributed by atoms with Crippen LogP contribution in [0.3, 0.4) is 0 Å². The van der Waals surface area contributed by atoms with Crippen LogP contribution in [0.5, 0.6) is 5.75 Å². The van der Waals surface area contributed by atoms with Gasteiger partial charge in [-0.15, -0.1) is 0 Å². The first-order valence-electron chi connectivity index (χ1n) is 6.58. The van der Waals surface area contributed by atoms with Gasteiger partial charge in [0.05, 0.1) is 18.1 Å². The molecule has 0 amide bonds. The fourth-order valence-corrected chi connectivity index (χ4v) is 2.79. The Balaban J connectivity index is 1.72. The molecule has 0 aliphatic carbocycles. The van der Waals surface area contributed by atoms with Crippen molar-refractivity contribution in [1.29, 1.82) is 0 Å². The molecule has 5 nitrogen and oxygen atoms in total. The summed E-state index contributed by atoms with van der Waals surface area (Å²) in [6.45, 7) is 0.